The Morgan fingerprint density at radius 2 is 2.37 bits per heavy atom. The van der Waals surface area contributed by atoms with Crippen molar-refractivity contribution in [2.45, 2.75) is 6.10 Å². The van der Waals surface area contributed by atoms with Crippen molar-refractivity contribution in [1.82, 2.24) is 0 Å². The lowest BCUT2D eigenvalue weighted by molar-refractivity contribution is -0.384. The number of benzene rings is 1. The third-order valence-corrected chi connectivity index (χ3v) is 3.11. The molecule has 1 atom stereocenters. The van der Waals surface area contributed by atoms with Crippen LogP contribution in [0.3, 0.4) is 0 Å². The van der Waals surface area contributed by atoms with E-state index in [0.29, 0.717) is 25.4 Å². The van der Waals surface area contributed by atoms with Crippen molar-refractivity contribution >= 4 is 17.1 Å². The van der Waals surface area contributed by atoms with Crippen molar-refractivity contribution < 1.29 is 14.8 Å². The fourth-order valence-electron chi connectivity index (χ4n) is 2.09. The number of non-ortho nitro benzene ring substituents is 1. The molecule has 1 aromatic rings. The lowest BCUT2D eigenvalue weighted by Gasteiger charge is -2.33. The average Bonchev–Trinajstić information content (AvgIpc) is 2.46. The number of ether oxygens (including phenoxy) is 1. The number of anilines is 2. The molecule has 1 fully saturated rings. The van der Waals surface area contributed by atoms with Crippen LogP contribution in [-0.2, 0) is 4.74 Å². The molecule has 0 radical (unpaired) electrons. The number of nitrogens with zero attached hydrogens (tertiary/aromatic N) is 2. The predicted molar refractivity (Wildman–Crippen MR) is 71.7 cm³/mol. The minimum atomic E-state index is -0.408. The smallest absolute Gasteiger partial charge is 0.273 e. The molecule has 0 saturated carbocycles. The summed E-state index contributed by atoms with van der Waals surface area (Å²) < 4.78 is 5.37. The second-order valence-corrected chi connectivity index (χ2v) is 4.37. The lowest BCUT2D eigenvalue weighted by Crippen LogP contribution is -2.44. The number of hydrogen-bond acceptors (Lipinski definition) is 6. The number of aliphatic hydroxyl groups excluding tert-OH is 1. The van der Waals surface area contributed by atoms with Crippen molar-refractivity contribution in [3.8, 4) is 0 Å². The van der Waals surface area contributed by atoms with Crippen LogP contribution < -0.4 is 10.2 Å². The minimum Gasteiger partial charge on any atom is -0.394 e. The molecule has 1 heterocycles. The molecule has 0 aliphatic carbocycles. The van der Waals surface area contributed by atoms with Crippen molar-refractivity contribution in [1.29, 1.82) is 0 Å². The van der Waals surface area contributed by atoms with E-state index < -0.39 is 4.92 Å². The van der Waals surface area contributed by atoms with E-state index in [2.05, 4.69) is 5.32 Å². The summed E-state index contributed by atoms with van der Waals surface area (Å²) in [6.07, 6.45) is -0.244. The number of hydrogen-bond donors (Lipinski definition) is 2. The van der Waals surface area contributed by atoms with Crippen molar-refractivity contribution in [2.24, 2.45) is 0 Å². The first-order valence-electron chi connectivity index (χ1n) is 6.08. The summed E-state index contributed by atoms with van der Waals surface area (Å²) in [6.45, 7) is 1.63. The number of rotatable bonds is 4. The molecule has 0 spiro atoms. The third kappa shape index (κ3) is 3.12. The van der Waals surface area contributed by atoms with Gasteiger partial charge in [0.1, 0.15) is 0 Å². The first-order valence-corrected chi connectivity index (χ1v) is 6.08. The molecule has 7 nitrogen and oxygen atoms in total. The molecule has 7 heteroatoms. The zero-order valence-corrected chi connectivity index (χ0v) is 10.7. The van der Waals surface area contributed by atoms with Gasteiger partial charge in [0.15, 0.2) is 0 Å². The van der Waals surface area contributed by atoms with E-state index in [0.717, 1.165) is 5.69 Å². The van der Waals surface area contributed by atoms with Gasteiger partial charge < -0.3 is 20.1 Å². The molecule has 2 N–H and O–H groups in total. The van der Waals surface area contributed by atoms with E-state index in [1.54, 1.807) is 13.1 Å². The SMILES string of the molecule is CNc1cc(N2CCOC(CO)C2)cc([N+](=O)[O-])c1. The molecular formula is C12H17N3O4. The van der Waals surface area contributed by atoms with Gasteiger partial charge >= 0.3 is 0 Å². The van der Waals surface area contributed by atoms with E-state index in [1.807, 2.05) is 11.0 Å². The zero-order valence-electron chi connectivity index (χ0n) is 10.7. The van der Waals surface area contributed by atoms with Crippen LogP contribution in [0.2, 0.25) is 0 Å². The van der Waals surface area contributed by atoms with Gasteiger partial charge in [0, 0.05) is 43.6 Å². The molecule has 2 rings (SSSR count). The Kier molecular flexibility index (Phi) is 4.18. The van der Waals surface area contributed by atoms with Crippen LogP contribution in [0.5, 0.6) is 0 Å². The van der Waals surface area contributed by atoms with Gasteiger partial charge in [0.2, 0.25) is 0 Å². The summed E-state index contributed by atoms with van der Waals surface area (Å²) in [5, 5.41) is 23.0. The summed E-state index contributed by atoms with van der Waals surface area (Å²) >= 11 is 0. The molecule has 1 unspecified atom stereocenters. The number of morpholine rings is 1. The molecule has 19 heavy (non-hydrogen) atoms. The van der Waals surface area contributed by atoms with Crippen LogP contribution in [0.25, 0.3) is 0 Å². The number of nitro groups is 1. The molecule has 0 aromatic heterocycles. The molecule has 1 aromatic carbocycles. The molecule has 0 bridgehead atoms. The van der Waals surface area contributed by atoms with E-state index in [1.165, 1.54) is 6.07 Å². The first-order chi connectivity index (χ1) is 9.13. The molecular weight excluding hydrogens is 250 g/mol. The van der Waals surface area contributed by atoms with Crippen molar-refractivity contribution in [2.75, 3.05) is 43.6 Å². The quantitative estimate of drug-likeness (QED) is 0.620. The average molecular weight is 267 g/mol. The van der Waals surface area contributed by atoms with Gasteiger partial charge in [-0.25, -0.2) is 0 Å². The van der Waals surface area contributed by atoms with E-state index >= 15 is 0 Å². The molecule has 1 aliphatic heterocycles. The summed E-state index contributed by atoms with van der Waals surface area (Å²) in [5.74, 6) is 0. The predicted octanol–water partition coefficient (Wildman–Crippen LogP) is 0.834. The topological polar surface area (TPSA) is 87.9 Å². The highest BCUT2D eigenvalue weighted by Crippen LogP contribution is 2.28. The van der Waals surface area contributed by atoms with Gasteiger partial charge in [-0.3, -0.25) is 10.1 Å². The molecule has 1 aliphatic rings. The maximum Gasteiger partial charge on any atom is 0.273 e. The summed E-state index contributed by atoms with van der Waals surface area (Å²) in [6, 6.07) is 4.89. The van der Waals surface area contributed by atoms with Crippen molar-refractivity contribution in [3.05, 3.63) is 28.3 Å². The Hall–Kier alpha value is -1.86. The lowest BCUT2D eigenvalue weighted by atomic mass is 10.2. The monoisotopic (exact) mass is 267 g/mol. The van der Waals surface area contributed by atoms with Crippen LogP contribution >= 0.6 is 0 Å². The van der Waals surface area contributed by atoms with Gasteiger partial charge in [0.25, 0.3) is 5.69 Å². The Morgan fingerprint density at radius 1 is 1.58 bits per heavy atom. The van der Waals surface area contributed by atoms with Crippen LogP contribution in [0.4, 0.5) is 17.1 Å². The number of nitrogens with one attached hydrogen (secondary N) is 1. The maximum absolute atomic E-state index is 10.9. The van der Waals surface area contributed by atoms with Crippen molar-refractivity contribution in [3.63, 3.8) is 0 Å². The molecule has 1 saturated heterocycles. The van der Waals surface area contributed by atoms with Gasteiger partial charge in [-0.2, -0.15) is 0 Å². The second-order valence-electron chi connectivity index (χ2n) is 4.37. The largest absolute Gasteiger partial charge is 0.394 e. The first kappa shape index (κ1) is 13.6. The molecule has 104 valence electrons. The van der Waals surface area contributed by atoms with Gasteiger partial charge in [-0.1, -0.05) is 0 Å². The van der Waals surface area contributed by atoms with Gasteiger partial charge in [-0.15, -0.1) is 0 Å². The standard InChI is InChI=1S/C12H17N3O4/c1-13-9-4-10(6-11(5-9)15(17)18)14-2-3-19-12(7-14)8-16/h4-6,12-13,16H,2-3,7-8H2,1H3. The fraction of sp³-hybridized carbons (Fsp3) is 0.500. The minimum absolute atomic E-state index is 0.0499. The number of aliphatic hydroxyl groups is 1. The highest BCUT2D eigenvalue weighted by atomic mass is 16.6. The van der Waals surface area contributed by atoms with Crippen LogP contribution in [0.1, 0.15) is 0 Å². The third-order valence-electron chi connectivity index (χ3n) is 3.11. The van der Waals surface area contributed by atoms with Gasteiger partial charge in [0.05, 0.1) is 24.2 Å². The van der Waals surface area contributed by atoms with Crippen LogP contribution in [0, 0.1) is 10.1 Å². The van der Waals surface area contributed by atoms with Gasteiger partial charge in [-0.05, 0) is 6.07 Å². The van der Waals surface area contributed by atoms with Crippen LogP contribution in [-0.4, -0.2) is 49.5 Å². The summed E-state index contributed by atoms with van der Waals surface area (Å²) in [7, 11) is 1.72. The summed E-state index contributed by atoms with van der Waals surface area (Å²) in [4.78, 5) is 12.5. The van der Waals surface area contributed by atoms with E-state index in [4.69, 9.17) is 9.84 Å². The fourth-order valence-corrected chi connectivity index (χ4v) is 2.09. The zero-order chi connectivity index (χ0) is 13.8. The highest BCUT2D eigenvalue weighted by molar-refractivity contribution is 5.64. The Labute approximate surface area is 110 Å². The Bertz CT molecular complexity index is 466. The van der Waals surface area contributed by atoms with E-state index in [-0.39, 0.29) is 18.4 Å². The Balaban J connectivity index is 2.27. The summed E-state index contributed by atoms with van der Waals surface area (Å²) in [5.41, 5.74) is 1.51. The molecule has 0 amide bonds. The highest BCUT2D eigenvalue weighted by Gasteiger charge is 2.22. The van der Waals surface area contributed by atoms with Crippen LogP contribution in [0.15, 0.2) is 18.2 Å². The van der Waals surface area contributed by atoms with E-state index in [9.17, 15) is 10.1 Å². The maximum atomic E-state index is 10.9. The normalized spacial score (nSPS) is 19.3. The second kappa shape index (κ2) is 5.85. The Morgan fingerprint density at radius 3 is 3.00 bits per heavy atom. The number of nitro benzene ring substituents is 1.